The number of thioether (sulfide) groups is 1. The summed E-state index contributed by atoms with van der Waals surface area (Å²) in [6.07, 6.45) is 3.88. The normalized spacial score (nSPS) is 12.5. The second-order valence-corrected chi connectivity index (χ2v) is 5.21. The third kappa shape index (κ3) is 8.27. The molecule has 0 radical (unpaired) electrons. The van der Waals surface area contributed by atoms with Crippen molar-refractivity contribution in [3.63, 3.8) is 0 Å². The zero-order chi connectivity index (χ0) is 13.1. The monoisotopic (exact) mass is 258 g/mol. The van der Waals surface area contributed by atoms with E-state index < -0.39 is 0 Å². The molecule has 4 heteroatoms. The fourth-order valence-electron chi connectivity index (χ4n) is 1.43. The minimum Gasteiger partial charge on any atom is -0.352 e. The minimum atomic E-state index is -0.111. The van der Waals surface area contributed by atoms with Crippen molar-refractivity contribution in [2.45, 2.75) is 45.7 Å². The van der Waals surface area contributed by atoms with E-state index in [9.17, 15) is 4.79 Å². The first kappa shape index (κ1) is 16.5. The minimum absolute atomic E-state index is 0.104. The maximum absolute atomic E-state index is 11.8. The molecule has 0 aromatic rings. The van der Waals surface area contributed by atoms with Crippen molar-refractivity contribution in [1.82, 2.24) is 10.6 Å². The Hall–Kier alpha value is -0.480. The Morgan fingerprint density at radius 2 is 2.06 bits per heavy atom. The lowest BCUT2D eigenvalue weighted by molar-refractivity contribution is -0.123. The molecule has 0 fully saturated rings. The highest BCUT2D eigenvalue weighted by atomic mass is 32.2. The lowest BCUT2D eigenvalue weighted by atomic mass is 10.1. The number of hydrogen-bond donors (Lipinski definition) is 2. The van der Waals surface area contributed by atoms with Gasteiger partial charge in [-0.2, -0.15) is 11.8 Å². The molecular formula is C13H26N2OS. The third-order valence-corrected chi connectivity index (χ3v) is 3.62. The van der Waals surface area contributed by atoms with Crippen molar-refractivity contribution in [3.05, 3.63) is 12.7 Å². The third-order valence-electron chi connectivity index (χ3n) is 2.66. The molecule has 1 atom stereocenters. The molecule has 0 aromatic carbocycles. The van der Waals surface area contributed by atoms with E-state index in [-0.39, 0.29) is 11.9 Å². The van der Waals surface area contributed by atoms with E-state index in [0.29, 0.717) is 6.04 Å². The molecule has 0 bridgehead atoms. The Morgan fingerprint density at radius 1 is 1.41 bits per heavy atom. The zero-order valence-corrected chi connectivity index (χ0v) is 12.1. The van der Waals surface area contributed by atoms with Crippen LogP contribution in [0.25, 0.3) is 0 Å². The quantitative estimate of drug-likeness (QED) is 0.466. The highest BCUT2D eigenvalue weighted by molar-refractivity contribution is 7.99. The van der Waals surface area contributed by atoms with Crippen LogP contribution in [0.4, 0.5) is 0 Å². The van der Waals surface area contributed by atoms with Gasteiger partial charge in [-0.3, -0.25) is 4.79 Å². The Morgan fingerprint density at radius 3 is 2.59 bits per heavy atom. The fourth-order valence-corrected chi connectivity index (χ4v) is 2.02. The zero-order valence-electron chi connectivity index (χ0n) is 11.3. The van der Waals surface area contributed by atoms with Gasteiger partial charge in [0.05, 0.1) is 6.04 Å². The van der Waals surface area contributed by atoms with E-state index in [4.69, 9.17) is 0 Å². The second-order valence-electron chi connectivity index (χ2n) is 4.06. The van der Waals surface area contributed by atoms with Gasteiger partial charge in [0.1, 0.15) is 0 Å². The first-order valence-corrected chi connectivity index (χ1v) is 7.53. The summed E-state index contributed by atoms with van der Waals surface area (Å²) in [5, 5.41) is 6.27. The Labute approximate surface area is 110 Å². The van der Waals surface area contributed by atoms with Crippen LogP contribution in [0, 0.1) is 0 Å². The van der Waals surface area contributed by atoms with Gasteiger partial charge in [0, 0.05) is 24.1 Å². The number of rotatable bonds is 10. The lowest BCUT2D eigenvalue weighted by Crippen LogP contribution is -2.46. The van der Waals surface area contributed by atoms with Gasteiger partial charge in [-0.25, -0.2) is 0 Å². The van der Waals surface area contributed by atoms with Crippen LogP contribution in [-0.2, 0) is 4.79 Å². The number of hydrogen-bond acceptors (Lipinski definition) is 3. The summed E-state index contributed by atoms with van der Waals surface area (Å²) in [5.74, 6) is 2.08. The van der Waals surface area contributed by atoms with Crippen molar-refractivity contribution < 1.29 is 4.79 Å². The summed E-state index contributed by atoms with van der Waals surface area (Å²) in [7, 11) is 0. The molecule has 0 rings (SSSR count). The number of nitrogens with one attached hydrogen (secondary N) is 2. The van der Waals surface area contributed by atoms with E-state index in [0.717, 1.165) is 30.9 Å². The predicted molar refractivity (Wildman–Crippen MR) is 77.5 cm³/mol. The average molecular weight is 258 g/mol. The van der Waals surface area contributed by atoms with Crippen LogP contribution in [0.15, 0.2) is 12.7 Å². The number of carbonyl (C=O) groups excluding carboxylic acids is 1. The predicted octanol–water partition coefficient (Wildman–Crippen LogP) is 2.19. The molecule has 0 heterocycles. The topological polar surface area (TPSA) is 41.1 Å². The maximum atomic E-state index is 11.8. The van der Waals surface area contributed by atoms with E-state index in [1.54, 1.807) is 0 Å². The maximum Gasteiger partial charge on any atom is 0.237 e. The van der Waals surface area contributed by atoms with Crippen LogP contribution in [0.1, 0.15) is 33.6 Å². The summed E-state index contributed by atoms with van der Waals surface area (Å²) >= 11 is 1.82. The van der Waals surface area contributed by atoms with Crippen molar-refractivity contribution in [2.75, 3.05) is 18.1 Å². The lowest BCUT2D eigenvalue weighted by Gasteiger charge is -2.19. The molecular weight excluding hydrogens is 232 g/mol. The summed E-state index contributed by atoms with van der Waals surface area (Å²) in [6, 6.07) is 0.196. The van der Waals surface area contributed by atoms with Gasteiger partial charge in [0.25, 0.3) is 0 Å². The second kappa shape index (κ2) is 10.7. The largest absolute Gasteiger partial charge is 0.352 e. The SMILES string of the molecule is C=CCSCCNC(C)C(=O)NC(CC)CC. The summed E-state index contributed by atoms with van der Waals surface area (Å²) in [5.41, 5.74) is 0. The summed E-state index contributed by atoms with van der Waals surface area (Å²) in [6.45, 7) is 10.6. The molecule has 1 unspecified atom stereocenters. The molecule has 3 nitrogen and oxygen atoms in total. The van der Waals surface area contributed by atoms with E-state index in [2.05, 4.69) is 31.1 Å². The van der Waals surface area contributed by atoms with Gasteiger partial charge >= 0.3 is 0 Å². The molecule has 0 spiro atoms. The van der Waals surface area contributed by atoms with Gasteiger partial charge in [-0.15, -0.1) is 6.58 Å². The Bertz CT molecular complexity index is 217. The molecule has 0 saturated heterocycles. The smallest absolute Gasteiger partial charge is 0.237 e. The highest BCUT2D eigenvalue weighted by Gasteiger charge is 2.14. The van der Waals surface area contributed by atoms with Crippen LogP contribution in [0.5, 0.6) is 0 Å². The molecule has 2 N–H and O–H groups in total. The average Bonchev–Trinajstić information content (AvgIpc) is 2.35. The number of amides is 1. The van der Waals surface area contributed by atoms with Crippen molar-refractivity contribution in [1.29, 1.82) is 0 Å². The molecule has 0 aliphatic carbocycles. The van der Waals surface area contributed by atoms with Gasteiger partial charge in [0.15, 0.2) is 0 Å². The number of carbonyl (C=O) groups is 1. The van der Waals surface area contributed by atoms with Crippen LogP contribution in [0.2, 0.25) is 0 Å². The first-order chi connectivity index (χ1) is 8.15. The van der Waals surface area contributed by atoms with E-state index >= 15 is 0 Å². The van der Waals surface area contributed by atoms with Gasteiger partial charge < -0.3 is 10.6 Å². The van der Waals surface area contributed by atoms with Crippen molar-refractivity contribution in [2.24, 2.45) is 0 Å². The summed E-state index contributed by atoms with van der Waals surface area (Å²) < 4.78 is 0. The molecule has 100 valence electrons. The van der Waals surface area contributed by atoms with Crippen molar-refractivity contribution in [3.8, 4) is 0 Å². The Balaban J connectivity index is 3.70. The van der Waals surface area contributed by atoms with E-state index in [1.807, 2.05) is 24.8 Å². The highest BCUT2D eigenvalue weighted by Crippen LogP contribution is 1.99. The molecule has 0 aromatic heterocycles. The van der Waals surface area contributed by atoms with E-state index in [1.165, 1.54) is 0 Å². The van der Waals surface area contributed by atoms with Gasteiger partial charge in [0.2, 0.25) is 5.91 Å². The van der Waals surface area contributed by atoms with Crippen LogP contribution in [-0.4, -0.2) is 36.0 Å². The molecule has 0 aliphatic rings. The van der Waals surface area contributed by atoms with Crippen LogP contribution < -0.4 is 10.6 Å². The fraction of sp³-hybridized carbons (Fsp3) is 0.769. The van der Waals surface area contributed by atoms with Crippen molar-refractivity contribution >= 4 is 17.7 Å². The van der Waals surface area contributed by atoms with Gasteiger partial charge in [-0.05, 0) is 19.8 Å². The first-order valence-electron chi connectivity index (χ1n) is 6.38. The van der Waals surface area contributed by atoms with Crippen LogP contribution in [0.3, 0.4) is 0 Å². The molecule has 17 heavy (non-hydrogen) atoms. The van der Waals surface area contributed by atoms with Crippen LogP contribution >= 0.6 is 11.8 Å². The summed E-state index contributed by atoms with van der Waals surface area (Å²) in [4.78, 5) is 11.8. The molecule has 1 amide bonds. The standard InChI is InChI=1S/C13H26N2OS/c1-5-9-17-10-8-14-11(4)13(16)15-12(6-2)7-3/h5,11-12,14H,1,6-10H2,2-4H3,(H,15,16). The Kier molecular flexibility index (Phi) is 10.4. The molecule has 0 saturated carbocycles. The molecule has 0 aliphatic heterocycles. The van der Waals surface area contributed by atoms with Gasteiger partial charge in [-0.1, -0.05) is 19.9 Å².